The highest BCUT2D eigenvalue weighted by atomic mass is 32.1. The lowest BCUT2D eigenvalue weighted by molar-refractivity contribution is 0.667. The van der Waals surface area contributed by atoms with E-state index in [-0.39, 0.29) is 5.41 Å². The molecule has 2 heteroatoms. The van der Waals surface area contributed by atoms with Crippen LogP contribution in [0, 0.1) is 0 Å². The van der Waals surface area contributed by atoms with Crippen molar-refractivity contribution in [2.75, 3.05) is 0 Å². The summed E-state index contributed by atoms with van der Waals surface area (Å²) in [5, 5.41) is 8.13. The lowest BCUT2D eigenvalue weighted by atomic mass is 9.80. The van der Waals surface area contributed by atoms with E-state index in [2.05, 4.69) is 170 Å². The number of hydrogen-bond acceptors (Lipinski definition) is 1. The fraction of sp³-hybridized carbons (Fsp3) is 0.0612. The summed E-state index contributed by atoms with van der Waals surface area (Å²) in [4.78, 5) is 0. The van der Waals surface area contributed by atoms with Gasteiger partial charge in [0.2, 0.25) is 0 Å². The number of nitrogens with zero attached hydrogens (tertiary/aromatic N) is 1. The van der Waals surface area contributed by atoms with E-state index < -0.39 is 0 Å². The second-order valence-electron chi connectivity index (χ2n) is 14.8. The van der Waals surface area contributed by atoms with E-state index in [1.807, 2.05) is 11.3 Å². The van der Waals surface area contributed by atoms with Crippen LogP contribution in [-0.2, 0) is 5.41 Å². The van der Waals surface area contributed by atoms with Crippen molar-refractivity contribution in [2.45, 2.75) is 19.3 Å². The Labute approximate surface area is 299 Å². The first kappa shape index (κ1) is 27.8. The molecule has 0 radical (unpaired) electrons. The van der Waals surface area contributed by atoms with Crippen LogP contribution in [0.4, 0.5) is 0 Å². The summed E-state index contributed by atoms with van der Waals surface area (Å²) in [6.45, 7) is 4.85. The summed E-state index contributed by atoms with van der Waals surface area (Å²) in [6.07, 6.45) is 0. The Morgan fingerprint density at radius 2 is 1.10 bits per heavy atom. The molecule has 2 aromatic heterocycles. The van der Waals surface area contributed by atoms with Gasteiger partial charge in [0.1, 0.15) is 0 Å². The van der Waals surface area contributed by atoms with Gasteiger partial charge in [-0.1, -0.05) is 141 Å². The molecule has 0 spiro atoms. The first-order valence-corrected chi connectivity index (χ1v) is 18.7. The monoisotopic (exact) mass is 665 g/mol. The topological polar surface area (TPSA) is 4.93 Å². The number of rotatable bonds is 2. The number of benzene rings is 8. The molecule has 238 valence electrons. The zero-order chi connectivity index (χ0) is 33.6. The lowest BCUT2D eigenvalue weighted by Crippen LogP contribution is -2.15. The molecule has 0 bridgehead atoms. The van der Waals surface area contributed by atoms with Gasteiger partial charge >= 0.3 is 0 Å². The third-order valence-electron chi connectivity index (χ3n) is 11.9. The Morgan fingerprint density at radius 3 is 1.92 bits per heavy atom. The molecule has 0 aliphatic heterocycles. The van der Waals surface area contributed by atoms with E-state index in [9.17, 15) is 0 Å². The maximum Gasteiger partial charge on any atom is 0.0726 e. The van der Waals surface area contributed by atoms with Crippen molar-refractivity contribution in [2.24, 2.45) is 0 Å². The minimum Gasteiger partial charge on any atom is -0.308 e. The van der Waals surface area contributed by atoms with Crippen LogP contribution in [0.25, 0.3) is 103 Å². The Balaban J connectivity index is 1.15. The van der Waals surface area contributed by atoms with Gasteiger partial charge in [-0.15, -0.1) is 11.3 Å². The Hall–Kier alpha value is -5.96. The standard InChI is InChI=1S/C49H31NS/c1-49(2)39-19-8-5-14-36(39)43-44-37-15-6-9-20-40(37)50(47(44)48-45(46(43)49)38-16-7-10-21-41(38)51-48)29-24-22-28(23-25-29)30-26-27-35-32-13-4-3-12-31(32)34-18-11-17-33(30)42(34)35/h3-27H,1-2H3. The van der Waals surface area contributed by atoms with Crippen molar-refractivity contribution in [3.8, 4) is 50.2 Å². The fourth-order valence-electron chi connectivity index (χ4n) is 9.81. The summed E-state index contributed by atoms with van der Waals surface area (Å²) < 4.78 is 5.26. The van der Waals surface area contributed by atoms with Gasteiger partial charge in [-0.2, -0.15) is 0 Å². The maximum atomic E-state index is 2.55. The molecule has 0 amide bonds. The molecule has 0 atom stereocenters. The quantitative estimate of drug-likeness (QED) is 0.173. The summed E-state index contributed by atoms with van der Waals surface area (Å²) in [7, 11) is 0. The van der Waals surface area contributed by atoms with Gasteiger partial charge in [0.25, 0.3) is 0 Å². The minimum absolute atomic E-state index is 0.117. The van der Waals surface area contributed by atoms with Crippen LogP contribution < -0.4 is 0 Å². The number of para-hydroxylation sites is 1. The molecule has 2 aliphatic carbocycles. The maximum absolute atomic E-state index is 2.55. The summed E-state index contributed by atoms with van der Waals surface area (Å²) in [5.41, 5.74) is 17.2. The van der Waals surface area contributed by atoms with Crippen LogP contribution in [0.2, 0.25) is 0 Å². The molecular weight excluding hydrogens is 635 g/mol. The molecule has 0 saturated heterocycles. The van der Waals surface area contributed by atoms with Crippen LogP contribution in [-0.4, -0.2) is 4.57 Å². The summed E-state index contributed by atoms with van der Waals surface area (Å²) >= 11 is 1.94. The van der Waals surface area contributed by atoms with Gasteiger partial charge < -0.3 is 4.57 Å². The molecule has 0 fully saturated rings. The second kappa shape index (κ2) is 9.63. The molecule has 0 saturated carbocycles. The van der Waals surface area contributed by atoms with Gasteiger partial charge in [0, 0.05) is 37.3 Å². The highest BCUT2D eigenvalue weighted by Gasteiger charge is 2.40. The number of fused-ring (bicyclic) bond motifs is 15. The largest absolute Gasteiger partial charge is 0.308 e. The van der Waals surface area contributed by atoms with Crippen molar-refractivity contribution in [3.63, 3.8) is 0 Å². The van der Waals surface area contributed by atoms with E-state index >= 15 is 0 Å². The van der Waals surface area contributed by atoms with Crippen molar-refractivity contribution >= 4 is 64.1 Å². The first-order chi connectivity index (χ1) is 25.1. The van der Waals surface area contributed by atoms with Crippen molar-refractivity contribution < 1.29 is 0 Å². The average Bonchev–Trinajstić information content (AvgIpc) is 3.89. The molecule has 0 N–H and O–H groups in total. The van der Waals surface area contributed by atoms with Crippen molar-refractivity contribution in [1.82, 2.24) is 4.57 Å². The predicted molar refractivity (Wildman–Crippen MR) is 219 cm³/mol. The molecule has 1 nitrogen and oxygen atoms in total. The van der Waals surface area contributed by atoms with E-state index in [0.29, 0.717) is 0 Å². The number of aromatic nitrogens is 1. The number of thiophene rings is 1. The van der Waals surface area contributed by atoms with Gasteiger partial charge in [-0.25, -0.2) is 0 Å². The van der Waals surface area contributed by atoms with Crippen molar-refractivity contribution in [3.05, 3.63) is 163 Å². The Bertz CT molecular complexity index is 3120. The summed E-state index contributed by atoms with van der Waals surface area (Å²) in [6, 6.07) is 56.7. The van der Waals surface area contributed by atoms with E-state index in [4.69, 9.17) is 0 Å². The SMILES string of the molecule is CC1(C)c2ccccc2-c2c1c1c3ccccc3sc1c1c2c2ccccc2n1-c1ccc(-c2ccc3c4c(cccc24)-c2ccccc2-3)cc1. The first-order valence-electron chi connectivity index (χ1n) is 17.9. The highest BCUT2D eigenvalue weighted by molar-refractivity contribution is 7.26. The third kappa shape index (κ3) is 3.41. The van der Waals surface area contributed by atoms with Gasteiger partial charge in [-0.05, 0) is 90.7 Å². The second-order valence-corrected chi connectivity index (χ2v) is 15.8. The normalized spacial score (nSPS) is 13.8. The summed E-state index contributed by atoms with van der Waals surface area (Å²) in [5.74, 6) is 0. The Kier molecular flexibility index (Phi) is 5.25. The number of hydrogen-bond donors (Lipinski definition) is 0. The molecule has 10 aromatic rings. The predicted octanol–water partition coefficient (Wildman–Crippen LogP) is 13.9. The van der Waals surface area contributed by atoms with E-state index in [0.717, 1.165) is 0 Å². The zero-order valence-corrected chi connectivity index (χ0v) is 29.1. The van der Waals surface area contributed by atoms with Gasteiger partial charge in [0.15, 0.2) is 0 Å². The fourth-order valence-corrected chi connectivity index (χ4v) is 11.1. The van der Waals surface area contributed by atoms with Crippen LogP contribution in [0.15, 0.2) is 152 Å². The highest BCUT2D eigenvalue weighted by Crippen LogP contribution is 2.59. The smallest absolute Gasteiger partial charge is 0.0726 e. The molecule has 8 aromatic carbocycles. The van der Waals surface area contributed by atoms with Gasteiger partial charge in [0.05, 0.1) is 15.7 Å². The molecule has 12 rings (SSSR count). The van der Waals surface area contributed by atoms with E-state index in [1.165, 1.54) is 114 Å². The van der Waals surface area contributed by atoms with Crippen LogP contribution >= 0.6 is 11.3 Å². The average molecular weight is 666 g/mol. The van der Waals surface area contributed by atoms with Crippen molar-refractivity contribution in [1.29, 1.82) is 0 Å². The molecular formula is C49H31NS. The van der Waals surface area contributed by atoms with Crippen LogP contribution in [0.5, 0.6) is 0 Å². The van der Waals surface area contributed by atoms with Crippen LogP contribution in [0.3, 0.4) is 0 Å². The lowest BCUT2D eigenvalue weighted by Gasteiger charge is -2.23. The zero-order valence-electron chi connectivity index (χ0n) is 28.3. The van der Waals surface area contributed by atoms with Gasteiger partial charge in [-0.3, -0.25) is 0 Å². The minimum atomic E-state index is -0.117. The molecule has 2 aliphatic rings. The molecule has 0 unspecified atom stereocenters. The van der Waals surface area contributed by atoms with Crippen LogP contribution in [0.1, 0.15) is 25.0 Å². The molecule has 2 heterocycles. The third-order valence-corrected chi connectivity index (χ3v) is 13.1. The molecule has 51 heavy (non-hydrogen) atoms. The van der Waals surface area contributed by atoms with E-state index in [1.54, 1.807) is 0 Å². The Morgan fingerprint density at radius 1 is 0.471 bits per heavy atom.